The third-order valence-electron chi connectivity index (χ3n) is 5.17. The number of likely N-dealkylation sites (tertiary alicyclic amines) is 2. The molecule has 0 saturated carbocycles. The summed E-state index contributed by atoms with van der Waals surface area (Å²) in [4.78, 5) is 29.2. The van der Waals surface area contributed by atoms with E-state index in [-0.39, 0.29) is 23.8 Å². The Morgan fingerprint density at radius 3 is 2.46 bits per heavy atom. The largest absolute Gasteiger partial charge is 0.343 e. The molecule has 0 aliphatic carbocycles. The van der Waals surface area contributed by atoms with Gasteiger partial charge in [-0.15, -0.1) is 5.10 Å². The second kappa shape index (κ2) is 6.85. The van der Waals surface area contributed by atoms with Crippen LogP contribution in [0.3, 0.4) is 0 Å². The molecule has 0 spiro atoms. The molecule has 2 aliphatic rings. The van der Waals surface area contributed by atoms with Gasteiger partial charge in [-0.1, -0.05) is 5.21 Å². The fraction of sp³-hybridized carbons (Fsp3) is 0.625. The van der Waals surface area contributed by atoms with E-state index in [1.54, 1.807) is 24.1 Å². The van der Waals surface area contributed by atoms with Crippen molar-refractivity contribution in [2.24, 2.45) is 5.92 Å². The van der Waals surface area contributed by atoms with E-state index in [2.05, 4.69) is 20.5 Å². The van der Waals surface area contributed by atoms with Crippen LogP contribution in [-0.2, 0) is 16.1 Å². The summed E-state index contributed by atoms with van der Waals surface area (Å²) in [5.74, 6) is 0.321. The summed E-state index contributed by atoms with van der Waals surface area (Å²) in [7, 11) is 0. The molecular weight excluding hydrogens is 336 g/mol. The van der Waals surface area contributed by atoms with Gasteiger partial charge < -0.3 is 9.80 Å². The van der Waals surface area contributed by atoms with Crippen LogP contribution in [0.1, 0.15) is 31.5 Å². The van der Waals surface area contributed by atoms with Crippen molar-refractivity contribution in [1.82, 2.24) is 39.8 Å². The Labute approximate surface area is 150 Å². The maximum absolute atomic E-state index is 12.6. The predicted octanol–water partition coefficient (Wildman–Crippen LogP) is -0.440. The quantitative estimate of drug-likeness (QED) is 0.734. The number of carbonyl (C=O) groups is 2. The van der Waals surface area contributed by atoms with E-state index in [1.165, 1.54) is 0 Å². The fourth-order valence-electron chi connectivity index (χ4n) is 3.54. The first kappa shape index (κ1) is 16.7. The first-order valence-electron chi connectivity index (χ1n) is 8.89. The Bertz CT molecular complexity index is 772. The summed E-state index contributed by atoms with van der Waals surface area (Å²) in [6.45, 7) is 4.74. The number of aromatic nitrogens is 6. The maximum atomic E-state index is 12.6. The standard InChI is InChI=1S/C16H22N8O2/c1-12(25)21-6-2-13(3-7-21)16(26)22-10-15(11-22)23-8-14(19-20-23)9-24-17-4-5-18-24/h4-5,8,13,15H,2-3,6-7,9-11H2,1H3. The highest BCUT2D eigenvalue weighted by Crippen LogP contribution is 2.26. The zero-order valence-electron chi connectivity index (χ0n) is 14.7. The third-order valence-corrected chi connectivity index (χ3v) is 5.17. The lowest BCUT2D eigenvalue weighted by atomic mass is 9.93. The monoisotopic (exact) mass is 358 g/mol. The van der Waals surface area contributed by atoms with Crippen molar-refractivity contribution in [1.29, 1.82) is 0 Å². The van der Waals surface area contributed by atoms with Crippen LogP contribution in [0.5, 0.6) is 0 Å². The van der Waals surface area contributed by atoms with Gasteiger partial charge in [0.2, 0.25) is 11.8 Å². The van der Waals surface area contributed by atoms with Crippen LogP contribution in [0.25, 0.3) is 0 Å². The number of piperidine rings is 1. The number of rotatable bonds is 4. The zero-order chi connectivity index (χ0) is 18.1. The molecule has 0 N–H and O–H groups in total. The molecule has 4 heterocycles. The third kappa shape index (κ3) is 3.31. The predicted molar refractivity (Wildman–Crippen MR) is 89.7 cm³/mol. The Morgan fingerprint density at radius 2 is 1.81 bits per heavy atom. The van der Waals surface area contributed by atoms with Gasteiger partial charge in [0.05, 0.1) is 24.6 Å². The minimum atomic E-state index is 0.0312. The molecule has 2 fully saturated rings. The minimum Gasteiger partial charge on any atom is -0.343 e. The highest BCUT2D eigenvalue weighted by atomic mass is 16.2. The fourth-order valence-corrected chi connectivity index (χ4v) is 3.54. The van der Waals surface area contributed by atoms with Gasteiger partial charge in [-0.25, -0.2) is 4.68 Å². The SMILES string of the molecule is CC(=O)N1CCC(C(=O)N2CC(n3cc(Cn4nccn4)nn3)C2)CC1. The van der Waals surface area contributed by atoms with E-state index < -0.39 is 0 Å². The summed E-state index contributed by atoms with van der Waals surface area (Å²) in [5, 5.41) is 16.4. The summed E-state index contributed by atoms with van der Waals surface area (Å²) in [6.07, 6.45) is 6.65. The van der Waals surface area contributed by atoms with E-state index in [4.69, 9.17) is 0 Å². The summed E-state index contributed by atoms with van der Waals surface area (Å²) < 4.78 is 1.82. The van der Waals surface area contributed by atoms with E-state index >= 15 is 0 Å². The second-order valence-corrected chi connectivity index (χ2v) is 6.93. The Morgan fingerprint density at radius 1 is 1.12 bits per heavy atom. The Kier molecular flexibility index (Phi) is 4.39. The molecule has 2 amide bonds. The lowest BCUT2D eigenvalue weighted by molar-refractivity contribution is -0.145. The van der Waals surface area contributed by atoms with E-state index in [0.717, 1.165) is 18.5 Å². The molecule has 0 aromatic carbocycles. The molecule has 26 heavy (non-hydrogen) atoms. The van der Waals surface area contributed by atoms with Crippen LogP contribution in [0, 0.1) is 5.92 Å². The number of hydrogen-bond donors (Lipinski definition) is 0. The number of hydrogen-bond acceptors (Lipinski definition) is 6. The van der Waals surface area contributed by atoms with Crippen LogP contribution in [0.15, 0.2) is 18.6 Å². The molecule has 10 heteroatoms. The average molecular weight is 358 g/mol. The van der Waals surface area contributed by atoms with Crippen LogP contribution in [0.4, 0.5) is 0 Å². The van der Waals surface area contributed by atoms with Crippen LogP contribution in [0.2, 0.25) is 0 Å². The summed E-state index contributed by atoms with van der Waals surface area (Å²) in [6, 6.07) is 0.170. The van der Waals surface area contributed by atoms with E-state index in [0.29, 0.717) is 32.7 Å². The zero-order valence-corrected chi connectivity index (χ0v) is 14.7. The molecule has 2 aromatic rings. The Hall–Kier alpha value is -2.78. The van der Waals surface area contributed by atoms with Crippen LogP contribution < -0.4 is 0 Å². The molecule has 10 nitrogen and oxygen atoms in total. The molecule has 138 valence electrons. The normalized spacial score (nSPS) is 18.8. The van der Waals surface area contributed by atoms with Gasteiger partial charge >= 0.3 is 0 Å². The first-order chi connectivity index (χ1) is 12.6. The lowest BCUT2D eigenvalue weighted by Crippen LogP contribution is -2.54. The summed E-state index contributed by atoms with van der Waals surface area (Å²) >= 11 is 0. The second-order valence-electron chi connectivity index (χ2n) is 6.93. The van der Waals surface area contributed by atoms with Gasteiger partial charge in [-0.05, 0) is 12.8 Å². The van der Waals surface area contributed by atoms with Gasteiger partial charge in [0.25, 0.3) is 0 Å². The highest BCUT2D eigenvalue weighted by molar-refractivity contribution is 5.80. The van der Waals surface area contributed by atoms with Crippen molar-refractivity contribution in [2.45, 2.75) is 32.4 Å². The van der Waals surface area contributed by atoms with Crippen molar-refractivity contribution < 1.29 is 9.59 Å². The molecular formula is C16H22N8O2. The highest BCUT2D eigenvalue weighted by Gasteiger charge is 2.37. The molecule has 0 atom stereocenters. The first-order valence-corrected chi connectivity index (χ1v) is 8.89. The molecule has 0 radical (unpaired) electrons. The molecule has 2 saturated heterocycles. The molecule has 2 aromatic heterocycles. The van der Waals surface area contributed by atoms with Crippen molar-refractivity contribution in [2.75, 3.05) is 26.2 Å². The maximum Gasteiger partial charge on any atom is 0.225 e. The molecule has 0 unspecified atom stereocenters. The molecule has 2 aliphatic heterocycles. The van der Waals surface area contributed by atoms with E-state index in [9.17, 15) is 9.59 Å². The average Bonchev–Trinajstić information content (AvgIpc) is 3.26. The van der Waals surface area contributed by atoms with Gasteiger partial charge in [-0.2, -0.15) is 15.0 Å². The minimum absolute atomic E-state index is 0.0312. The molecule has 4 rings (SSSR count). The number of amides is 2. The van der Waals surface area contributed by atoms with Crippen molar-refractivity contribution in [3.63, 3.8) is 0 Å². The van der Waals surface area contributed by atoms with Gasteiger partial charge in [0.15, 0.2) is 0 Å². The summed E-state index contributed by atoms with van der Waals surface area (Å²) in [5.41, 5.74) is 0.794. The molecule has 0 bridgehead atoms. The van der Waals surface area contributed by atoms with Crippen molar-refractivity contribution in [3.8, 4) is 0 Å². The number of carbonyl (C=O) groups excluding carboxylic acids is 2. The van der Waals surface area contributed by atoms with Crippen molar-refractivity contribution >= 4 is 11.8 Å². The van der Waals surface area contributed by atoms with Crippen LogP contribution in [-0.4, -0.2) is 77.8 Å². The lowest BCUT2D eigenvalue weighted by Gasteiger charge is -2.42. The topological polar surface area (TPSA) is 102 Å². The smallest absolute Gasteiger partial charge is 0.225 e. The number of nitrogens with zero attached hydrogens (tertiary/aromatic N) is 8. The van der Waals surface area contributed by atoms with Gasteiger partial charge in [0, 0.05) is 39.0 Å². The Balaban J connectivity index is 1.27. The van der Waals surface area contributed by atoms with Gasteiger partial charge in [-0.3, -0.25) is 9.59 Å². The van der Waals surface area contributed by atoms with Crippen LogP contribution >= 0.6 is 0 Å². The van der Waals surface area contributed by atoms with Crippen molar-refractivity contribution in [3.05, 3.63) is 24.3 Å². The van der Waals surface area contributed by atoms with Gasteiger partial charge in [0.1, 0.15) is 12.2 Å². The van der Waals surface area contributed by atoms with E-state index in [1.807, 2.05) is 20.7 Å².